The largest absolute Gasteiger partial charge is 0.198 e. The molecular formula is C21H23N. The molecule has 0 atom stereocenters. The molecule has 112 valence electrons. The van der Waals surface area contributed by atoms with Crippen molar-refractivity contribution < 1.29 is 0 Å². The molecule has 0 aliphatic heterocycles. The van der Waals surface area contributed by atoms with E-state index >= 15 is 0 Å². The molecule has 1 saturated carbocycles. The molecule has 0 unspecified atom stereocenters. The average Bonchev–Trinajstić information content (AvgIpc) is 2.62. The minimum Gasteiger partial charge on any atom is -0.198 e. The number of nitriles is 1. The van der Waals surface area contributed by atoms with Crippen molar-refractivity contribution in [1.29, 1.82) is 5.26 Å². The van der Waals surface area contributed by atoms with Gasteiger partial charge < -0.3 is 0 Å². The summed E-state index contributed by atoms with van der Waals surface area (Å²) in [6.07, 6.45) is 5.51. The zero-order valence-electron chi connectivity index (χ0n) is 13.3. The summed E-state index contributed by atoms with van der Waals surface area (Å²) in [7, 11) is 0. The first-order valence-electron chi connectivity index (χ1n) is 8.39. The molecule has 0 radical (unpaired) electrons. The molecule has 1 aliphatic carbocycles. The van der Waals surface area contributed by atoms with Crippen molar-refractivity contribution in [2.75, 3.05) is 0 Å². The summed E-state index contributed by atoms with van der Waals surface area (Å²) in [5.74, 6) is 0.925. The summed E-state index contributed by atoms with van der Waals surface area (Å²) >= 11 is 0. The van der Waals surface area contributed by atoms with Gasteiger partial charge in [0.05, 0.1) is 6.07 Å². The second-order valence-corrected chi connectivity index (χ2v) is 6.35. The van der Waals surface area contributed by atoms with E-state index in [9.17, 15) is 0 Å². The van der Waals surface area contributed by atoms with Gasteiger partial charge in [-0.05, 0) is 60.3 Å². The molecular weight excluding hydrogens is 266 g/mol. The molecule has 1 heteroatoms. The first-order chi connectivity index (χ1) is 10.8. The Morgan fingerprint density at radius 3 is 1.91 bits per heavy atom. The maximum absolute atomic E-state index is 9.00. The summed E-state index contributed by atoms with van der Waals surface area (Å²) < 4.78 is 0. The Morgan fingerprint density at radius 2 is 1.41 bits per heavy atom. The lowest BCUT2D eigenvalue weighted by atomic mass is 9.79. The van der Waals surface area contributed by atoms with Crippen molar-refractivity contribution in [3.05, 3.63) is 59.7 Å². The summed E-state index contributed by atoms with van der Waals surface area (Å²) in [5.41, 5.74) is 5.40. The molecule has 0 amide bonds. The zero-order valence-corrected chi connectivity index (χ0v) is 13.3. The molecule has 0 bridgehead atoms. The molecule has 0 spiro atoms. The molecule has 0 aromatic heterocycles. The van der Waals surface area contributed by atoms with Crippen molar-refractivity contribution in [2.45, 2.75) is 44.9 Å². The minimum absolute atomic E-state index is 0.285. The molecule has 1 fully saturated rings. The fourth-order valence-corrected chi connectivity index (χ4v) is 3.44. The number of hydrogen-bond donors (Lipinski definition) is 0. The molecule has 1 nitrogen and oxygen atoms in total. The molecule has 22 heavy (non-hydrogen) atoms. The predicted octanol–water partition coefficient (Wildman–Crippen LogP) is 5.71. The van der Waals surface area contributed by atoms with E-state index in [2.05, 4.69) is 61.5 Å². The molecule has 2 aromatic carbocycles. The van der Waals surface area contributed by atoms with Gasteiger partial charge in [0.15, 0.2) is 0 Å². The van der Waals surface area contributed by atoms with Crippen molar-refractivity contribution in [1.82, 2.24) is 0 Å². The first-order valence-corrected chi connectivity index (χ1v) is 8.39. The smallest absolute Gasteiger partial charge is 0.0655 e. The van der Waals surface area contributed by atoms with Gasteiger partial charge in [0.25, 0.3) is 0 Å². The third-order valence-electron chi connectivity index (χ3n) is 4.99. The van der Waals surface area contributed by atoms with E-state index in [0.717, 1.165) is 32.1 Å². The van der Waals surface area contributed by atoms with Crippen molar-refractivity contribution in [2.24, 2.45) is 5.92 Å². The Bertz CT molecular complexity index is 638. The quantitative estimate of drug-likeness (QED) is 0.709. The highest BCUT2D eigenvalue weighted by atomic mass is 14.3. The van der Waals surface area contributed by atoms with Crippen LogP contribution in [0.5, 0.6) is 0 Å². The van der Waals surface area contributed by atoms with E-state index in [1.807, 2.05) is 0 Å². The lowest BCUT2D eigenvalue weighted by Gasteiger charge is -2.25. The van der Waals surface area contributed by atoms with Crippen LogP contribution in [0.25, 0.3) is 11.1 Å². The normalized spacial score (nSPS) is 21.3. The highest BCUT2D eigenvalue weighted by molar-refractivity contribution is 5.64. The Kier molecular flexibility index (Phi) is 4.59. The third-order valence-corrected chi connectivity index (χ3v) is 4.99. The van der Waals surface area contributed by atoms with Gasteiger partial charge in [-0.25, -0.2) is 0 Å². The standard InChI is InChI=1S/C21H23N/c1-2-16-3-7-18(8-4-16)20-11-13-21(14-12-20)19-9-5-17(15-22)6-10-19/h3-4,7-8,11-14,17,19H,2,5-6,9-10H2,1H3. The Hall–Kier alpha value is -2.07. The first kappa shape index (κ1) is 14.9. The zero-order chi connectivity index (χ0) is 15.4. The average molecular weight is 289 g/mol. The van der Waals surface area contributed by atoms with E-state index in [1.54, 1.807) is 0 Å². The highest BCUT2D eigenvalue weighted by Crippen LogP contribution is 2.36. The van der Waals surface area contributed by atoms with E-state index < -0.39 is 0 Å². The van der Waals surface area contributed by atoms with Crippen LogP contribution < -0.4 is 0 Å². The number of hydrogen-bond acceptors (Lipinski definition) is 1. The number of nitrogens with zero attached hydrogens (tertiary/aromatic N) is 1. The maximum atomic E-state index is 9.00. The Balaban J connectivity index is 1.71. The van der Waals surface area contributed by atoms with Crippen LogP contribution in [0, 0.1) is 17.2 Å². The molecule has 0 N–H and O–H groups in total. The van der Waals surface area contributed by atoms with Gasteiger partial charge in [-0.3, -0.25) is 0 Å². The summed E-state index contributed by atoms with van der Waals surface area (Å²) in [6.45, 7) is 2.19. The molecule has 2 aromatic rings. The summed E-state index contributed by atoms with van der Waals surface area (Å²) in [4.78, 5) is 0. The van der Waals surface area contributed by atoms with Crippen LogP contribution in [-0.4, -0.2) is 0 Å². The Morgan fingerprint density at radius 1 is 0.864 bits per heavy atom. The van der Waals surface area contributed by atoms with Crippen LogP contribution >= 0.6 is 0 Å². The molecule has 3 rings (SSSR count). The molecule has 1 aliphatic rings. The van der Waals surface area contributed by atoms with E-state index in [0.29, 0.717) is 5.92 Å². The molecule has 0 saturated heterocycles. The van der Waals surface area contributed by atoms with Crippen LogP contribution in [0.15, 0.2) is 48.5 Å². The van der Waals surface area contributed by atoms with Gasteiger partial charge in [0.2, 0.25) is 0 Å². The van der Waals surface area contributed by atoms with Gasteiger partial charge in [0, 0.05) is 5.92 Å². The van der Waals surface area contributed by atoms with Crippen LogP contribution in [0.2, 0.25) is 0 Å². The van der Waals surface area contributed by atoms with Gasteiger partial charge in [-0.2, -0.15) is 5.26 Å². The van der Waals surface area contributed by atoms with Crippen LogP contribution in [0.1, 0.15) is 49.7 Å². The second-order valence-electron chi connectivity index (χ2n) is 6.35. The number of benzene rings is 2. The minimum atomic E-state index is 0.285. The van der Waals surface area contributed by atoms with Gasteiger partial charge in [-0.1, -0.05) is 55.5 Å². The SMILES string of the molecule is CCc1ccc(-c2ccc(C3CCC(C#N)CC3)cc2)cc1. The van der Waals surface area contributed by atoms with E-state index in [1.165, 1.54) is 22.3 Å². The Labute approximate surface area is 133 Å². The summed E-state index contributed by atoms with van der Waals surface area (Å²) in [5, 5.41) is 9.00. The third kappa shape index (κ3) is 3.22. The van der Waals surface area contributed by atoms with E-state index in [-0.39, 0.29) is 5.92 Å². The van der Waals surface area contributed by atoms with Gasteiger partial charge in [-0.15, -0.1) is 0 Å². The van der Waals surface area contributed by atoms with Crippen LogP contribution in [0.3, 0.4) is 0 Å². The van der Waals surface area contributed by atoms with Crippen molar-refractivity contribution >= 4 is 0 Å². The lowest BCUT2D eigenvalue weighted by Crippen LogP contribution is -2.11. The number of rotatable bonds is 3. The maximum Gasteiger partial charge on any atom is 0.0655 e. The van der Waals surface area contributed by atoms with Crippen molar-refractivity contribution in [3.63, 3.8) is 0 Å². The highest BCUT2D eigenvalue weighted by Gasteiger charge is 2.21. The van der Waals surface area contributed by atoms with Crippen molar-refractivity contribution in [3.8, 4) is 17.2 Å². The second kappa shape index (κ2) is 6.79. The van der Waals surface area contributed by atoms with Gasteiger partial charge in [0.1, 0.15) is 0 Å². The van der Waals surface area contributed by atoms with Crippen LogP contribution in [-0.2, 0) is 6.42 Å². The monoisotopic (exact) mass is 289 g/mol. The molecule has 0 heterocycles. The fourth-order valence-electron chi connectivity index (χ4n) is 3.44. The van der Waals surface area contributed by atoms with E-state index in [4.69, 9.17) is 5.26 Å². The predicted molar refractivity (Wildman–Crippen MR) is 91.6 cm³/mol. The number of aryl methyl sites for hydroxylation is 1. The van der Waals surface area contributed by atoms with Gasteiger partial charge >= 0.3 is 0 Å². The van der Waals surface area contributed by atoms with Crippen LogP contribution in [0.4, 0.5) is 0 Å². The topological polar surface area (TPSA) is 23.8 Å². The lowest BCUT2D eigenvalue weighted by molar-refractivity contribution is 0.382. The fraction of sp³-hybridized carbons (Fsp3) is 0.381. The summed E-state index contributed by atoms with van der Waals surface area (Å²) in [6, 6.07) is 20.3.